The standard InChI is InChI=1S/C18H19FN4/c19-15-7-5-14(6-8-15)13-22-11-9-16(10-12-22)23-18-4-2-1-3-17(18)20-21-23/h1-8,16H,9-13H2/p+1. The molecule has 2 heterocycles. The molecule has 118 valence electrons. The van der Waals surface area contributed by atoms with Crippen molar-refractivity contribution in [1.29, 1.82) is 0 Å². The molecule has 0 saturated carbocycles. The van der Waals surface area contributed by atoms with E-state index in [-0.39, 0.29) is 5.82 Å². The lowest BCUT2D eigenvalue weighted by Gasteiger charge is -2.29. The van der Waals surface area contributed by atoms with Crippen LogP contribution in [0.1, 0.15) is 24.4 Å². The highest BCUT2D eigenvalue weighted by atomic mass is 19.1. The zero-order valence-electron chi connectivity index (χ0n) is 13.0. The molecular formula is C18H20FN4+. The molecule has 3 aromatic rings. The highest BCUT2D eigenvalue weighted by Crippen LogP contribution is 2.21. The molecule has 4 rings (SSSR count). The molecule has 0 aliphatic carbocycles. The van der Waals surface area contributed by atoms with Gasteiger partial charge in [-0.3, -0.25) is 0 Å². The van der Waals surface area contributed by atoms with Crippen molar-refractivity contribution in [2.45, 2.75) is 25.4 Å². The highest BCUT2D eigenvalue weighted by molar-refractivity contribution is 5.73. The Morgan fingerprint density at radius 3 is 2.57 bits per heavy atom. The molecule has 2 aromatic carbocycles. The van der Waals surface area contributed by atoms with E-state index in [1.807, 2.05) is 30.3 Å². The molecular weight excluding hydrogens is 291 g/mol. The number of fused-ring (bicyclic) bond motifs is 1. The molecule has 5 heteroatoms. The van der Waals surface area contributed by atoms with Crippen LogP contribution in [0.5, 0.6) is 0 Å². The average molecular weight is 311 g/mol. The van der Waals surface area contributed by atoms with Crippen LogP contribution in [-0.2, 0) is 6.54 Å². The van der Waals surface area contributed by atoms with Gasteiger partial charge in [0.05, 0.1) is 24.6 Å². The van der Waals surface area contributed by atoms with Crippen molar-refractivity contribution in [3.05, 3.63) is 59.9 Å². The molecule has 0 bridgehead atoms. The molecule has 1 N–H and O–H groups in total. The molecule has 0 radical (unpaired) electrons. The summed E-state index contributed by atoms with van der Waals surface area (Å²) in [5, 5.41) is 8.61. The molecule has 1 saturated heterocycles. The number of nitrogens with zero attached hydrogens (tertiary/aromatic N) is 3. The van der Waals surface area contributed by atoms with E-state index in [0.29, 0.717) is 6.04 Å². The summed E-state index contributed by atoms with van der Waals surface area (Å²) in [5.41, 5.74) is 3.29. The van der Waals surface area contributed by atoms with Crippen molar-refractivity contribution in [3.63, 3.8) is 0 Å². The third-order valence-electron chi connectivity index (χ3n) is 4.75. The minimum absolute atomic E-state index is 0.166. The van der Waals surface area contributed by atoms with Crippen LogP contribution < -0.4 is 4.90 Å². The van der Waals surface area contributed by atoms with E-state index >= 15 is 0 Å². The summed E-state index contributed by atoms with van der Waals surface area (Å²) in [6, 6.07) is 15.4. The number of rotatable bonds is 3. The Morgan fingerprint density at radius 1 is 1.04 bits per heavy atom. The van der Waals surface area contributed by atoms with Crippen molar-refractivity contribution in [2.75, 3.05) is 13.1 Å². The van der Waals surface area contributed by atoms with E-state index in [1.54, 1.807) is 17.0 Å². The van der Waals surface area contributed by atoms with Gasteiger partial charge >= 0.3 is 0 Å². The SMILES string of the molecule is Fc1ccc(C[NH+]2CCC(n3nnc4ccccc43)CC2)cc1. The van der Waals surface area contributed by atoms with E-state index in [9.17, 15) is 4.39 Å². The number of piperidine rings is 1. The van der Waals surface area contributed by atoms with Crippen LogP contribution in [0.2, 0.25) is 0 Å². The lowest BCUT2D eigenvalue weighted by atomic mass is 10.0. The normalized spacial score (nSPS) is 21.6. The number of hydrogen-bond acceptors (Lipinski definition) is 2. The summed E-state index contributed by atoms with van der Waals surface area (Å²) >= 11 is 0. The zero-order valence-corrected chi connectivity index (χ0v) is 13.0. The number of halogens is 1. The smallest absolute Gasteiger partial charge is 0.123 e. The van der Waals surface area contributed by atoms with Gasteiger partial charge in [-0.15, -0.1) is 5.10 Å². The zero-order chi connectivity index (χ0) is 15.6. The van der Waals surface area contributed by atoms with E-state index in [4.69, 9.17) is 0 Å². The molecule has 23 heavy (non-hydrogen) atoms. The van der Waals surface area contributed by atoms with E-state index in [1.165, 1.54) is 5.56 Å². The first-order valence-corrected chi connectivity index (χ1v) is 8.17. The fraction of sp³-hybridized carbons (Fsp3) is 0.333. The first-order chi connectivity index (χ1) is 11.3. The maximum Gasteiger partial charge on any atom is 0.123 e. The van der Waals surface area contributed by atoms with Gasteiger partial charge in [0.1, 0.15) is 17.9 Å². The summed E-state index contributed by atoms with van der Waals surface area (Å²) in [6.45, 7) is 3.18. The maximum atomic E-state index is 13.0. The van der Waals surface area contributed by atoms with Crippen LogP contribution in [0.25, 0.3) is 11.0 Å². The summed E-state index contributed by atoms with van der Waals surface area (Å²) < 4.78 is 15.1. The fourth-order valence-electron chi connectivity index (χ4n) is 3.48. The topological polar surface area (TPSA) is 35.2 Å². The largest absolute Gasteiger partial charge is 0.331 e. The van der Waals surface area contributed by atoms with Crippen LogP contribution >= 0.6 is 0 Å². The lowest BCUT2D eigenvalue weighted by Crippen LogP contribution is -3.11. The van der Waals surface area contributed by atoms with Crippen molar-refractivity contribution >= 4 is 11.0 Å². The summed E-state index contributed by atoms with van der Waals surface area (Å²) in [7, 11) is 0. The minimum Gasteiger partial charge on any atom is -0.331 e. The molecule has 1 aliphatic heterocycles. The number of benzene rings is 2. The van der Waals surface area contributed by atoms with Gasteiger partial charge in [0.15, 0.2) is 0 Å². The van der Waals surface area contributed by atoms with Crippen LogP contribution in [-0.4, -0.2) is 28.1 Å². The van der Waals surface area contributed by atoms with Gasteiger partial charge in [-0.25, -0.2) is 9.07 Å². The quantitative estimate of drug-likeness (QED) is 0.803. The Hall–Kier alpha value is -2.27. The molecule has 1 fully saturated rings. The van der Waals surface area contributed by atoms with Gasteiger partial charge in [0, 0.05) is 18.4 Å². The van der Waals surface area contributed by atoms with Crippen molar-refractivity contribution < 1.29 is 9.29 Å². The second kappa shape index (κ2) is 6.08. The Bertz CT molecular complexity index is 788. The summed E-state index contributed by atoms with van der Waals surface area (Å²) in [5.74, 6) is -0.166. The number of nitrogens with one attached hydrogen (secondary N) is 1. The van der Waals surface area contributed by atoms with Crippen LogP contribution in [0.3, 0.4) is 0 Å². The molecule has 0 atom stereocenters. The maximum absolute atomic E-state index is 13.0. The van der Waals surface area contributed by atoms with Crippen LogP contribution in [0, 0.1) is 5.82 Å². The fourth-order valence-corrected chi connectivity index (χ4v) is 3.48. The monoisotopic (exact) mass is 311 g/mol. The summed E-state index contributed by atoms with van der Waals surface area (Å²) in [4.78, 5) is 1.55. The predicted octanol–water partition coefficient (Wildman–Crippen LogP) is 1.99. The number of aromatic nitrogens is 3. The number of para-hydroxylation sites is 1. The third-order valence-corrected chi connectivity index (χ3v) is 4.75. The minimum atomic E-state index is -0.166. The van der Waals surface area contributed by atoms with Crippen molar-refractivity contribution in [1.82, 2.24) is 15.0 Å². The van der Waals surface area contributed by atoms with Crippen LogP contribution in [0.15, 0.2) is 48.5 Å². The Balaban J connectivity index is 1.42. The molecule has 4 nitrogen and oxygen atoms in total. The average Bonchev–Trinajstić information content (AvgIpc) is 3.02. The van der Waals surface area contributed by atoms with Crippen molar-refractivity contribution in [2.24, 2.45) is 0 Å². The van der Waals surface area contributed by atoms with E-state index < -0.39 is 0 Å². The Morgan fingerprint density at radius 2 is 1.78 bits per heavy atom. The lowest BCUT2D eigenvalue weighted by molar-refractivity contribution is -0.919. The Kier molecular flexibility index (Phi) is 3.79. The predicted molar refractivity (Wildman–Crippen MR) is 86.6 cm³/mol. The first kappa shape index (κ1) is 14.3. The van der Waals surface area contributed by atoms with Gasteiger partial charge in [-0.05, 0) is 24.3 Å². The van der Waals surface area contributed by atoms with Crippen molar-refractivity contribution in [3.8, 4) is 0 Å². The molecule has 0 amide bonds. The van der Waals surface area contributed by atoms with Gasteiger partial charge in [-0.2, -0.15) is 0 Å². The molecule has 1 aliphatic rings. The number of hydrogen-bond donors (Lipinski definition) is 1. The van der Waals surface area contributed by atoms with Gasteiger partial charge < -0.3 is 4.90 Å². The molecule has 0 unspecified atom stereocenters. The molecule has 1 aromatic heterocycles. The highest BCUT2D eigenvalue weighted by Gasteiger charge is 2.25. The Labute approximate surface area is 134 Å². The van der Waals surface area contributed by atoms with E-state index in [2.05, 4.69) is 21.1 Å². The first-order valence-electron chi connectivity index (χ1n) is 8.17. The van der Waals surface area contributed by atoms with E-state index in [0.717, 1.165) is 43.5 Å². The number of likely N-dealkylation sites (tertiary alicyclic amines) is 1. The molecule has 0 spiro atoms. The van der Waals surface area contributed by atoms with Gasteiger partial charge in [-0.1, -0.05) is 29.5 Å². The van der Waals surface area contributed by atoms with Gasteiger partial charge in [0.25, 0.3) is 0 Å². The number of quaternary nitrogens is 1. The van der Waals surface area contributed by atoms with Gasteiger partial charge in [0.2, 0.25) is 0 Å². The second-order valence-electron chi connectivity index (χ2n) is 6.31. The summed E-state index contributed by atoms with van der Waals surface area (Å²) in [6.07, 6.45) is 2.20. The third kappa shape index (κ3) is 2.97. The second-order valence-corrected chi connectivity index (χ2v) is 6.31. The van der Waals surface area contributed by atoms with Crippen LogP contribution in [0.4, 0.5) is 4.39 Å².